The molecule has 1 aliphatic rings. The van der Waals surface area contributed by atoms with Crippen LogP contribution >= 0.6 is 0 Å². The Bertz CT molecular complexity index is 341. The van der Waals surface area contributed by atoms with Gasteiger partial charge in [0.25, 0.3) is 0 Å². The number of carbonyl (C=O) groups is 1. The third-order valence-electron chi connectivity index (χ3n) is 2.67. The summed E-state index contributed by atoms with van der Waals surface area (Å²) in [4.78, 5) is 12.5. The largest absolute Gasteiger partial charge is 0.299 e. The Balaban J connectivity index is 1.98. The molecule has 1 aliphatic heterocycles. The minimum absolute atomic E-state index is 0.220. The van der Waals surface area contributed by atoms with Crippen molar-refractivity contribution in [3.63, 3.8) is 0 Å². The molecule has 0 unspecified atom stereocenters. The van der Waals surface area contributed by atoms with Crippen molar-refractivity contribution in [1.82, 2.24) is 19.9 Å². The first-order chi connectivity index (χ1) is 7.33. The Hall–Kier alpha value is -1.30. The normalized spacial score (nSPS) is 22.1. The summed E-state index contributed by atoms with van der Waals surface area (Å²) < 4.78 is 13.8. The molecule has 1 aromatic rings. The summed E-state index contributed by atoms with van der Waals surface area (Å²) in [5, 5.41) is 7.58. The highest BCUT2D eigenvalue weighted by molar-refractivity contribution is 5.70. The van der Waals surface area contributed by atoms with E-state index in [2.05, 4.69) is 10.3 Å². The third kappa shape index (κ3) is 2.20. The maximum atomic E-state index is 12.1. The Morgan fingerprint density at radius 3 is 3.20 bits per heavy atom. The van der Waals surface area contributed by atoms with Crippen molar-refractivity contribution in [1.29, 1.82) is 0 Å². The molecule has 0 spiro atoms. The van der Waals surface area contributed by atoms with Gasteiger partial charge in [-0.15, -0.1) is 5.10 Å². The molecule has 1 saturated heterocycles. The molecule has 0 bridgehead atoms. The number of likely N-dealkylation sites (tertiary alicyclic amines) is 1. The van der Waals surface area contributed by atoms with E-state index < -0.39 is 0 Å². The Morgan fingerprint density at radius 2 is 2.53 bits per heavy atom. The summed E-state index contributed by atoms with van der Waals surface area (Å²) >= 11 is 0. The number of halogens is 1. The summed E-state index contributed by atoms with van der Waals surface area (Å²) in [5.74, 6) is 0. The van der Waals surface area contributed by atoms with E-state index in [1.807, 2.05) is 4.90 Å². The van der Waals surface area contributed by atoms with Crippen molar-refractivity contribution in [2.75, 3.05) is 26.3 Å². The van der Waals surface area contributed by atoms with E-state index in [1.54, 1.807) is 10.9 Å². The molecule has 1 atom stereocenters. The van der Waals surface area contributed by atoms with E-state index in [-0.39, 0.29) is 12.7 Å². The van der Waals surface area contributed by atoms with Crippen LogP contribution in [0.25, 0.3) is 0 Å². The van der Waals surface area contributed by atoms with Crippen LogP contribution in [0, 0.1) is 0 Å². The van der Waals surface area contributed by atoms with Crippen LogP contribution in [0.15, 0.2) is 6.20 Å². The average molecular weight is 212 g/mol. The highest BCUT2D eigenvalue weighted by Gasteiger charge is 2.24. The zero-order valence-electron chi connectivity index (χ0n) is 8.34. The third-order valence-corrected chi connectivity index (χ3v) is 2.67. The Kier molecular flexibility index (Phi) is 3.05. The monoisotopic (exact) mass is 212 g/mol. The van der Waals surface area contributed by atoms with Crippen molar-refractivity contribution in [3.05, 3.63) is 11.9 Å². The molecule has 2 heterocycles. The van der Waals surface area contributed by atoms with E-state index in [1.165, 1.54) is 0 Å². The second-order valence-corrected chi connectivity index (χ2v) is 3.67. The van der Waals surface area contributed by atoms with Crippen molar-refractivity contribution >= 4 is 6.29 Å². The van der Waals surface area contributed by atoms with Crippen LogP contribution in [-0.2, 0) is 0 Å². The Labute approximate surface area is 86.9 Å². The van der Waals surface area contributed by atoms with Gasteiger partial charge in [-0.05, 0) is 6.42 Å². The molecule has 0 aliphatic carbocycles. The van der Waals surface area contributed by atoms with Gasteiger partial charge in [0.1, 0.15) is 12.4 Å². The van der Waals surface area contributed by atoms with E-state index in [0.29, 0.717) is 18.5 Å². The number of carbonyl (C=O) groups excluding carboxylic acids is 1. The van der Waals surface area contributed by atoms with Crippen LogP contribution in [0.5, 0.6) is 0 Å². The van der Waals surface area contributed by atoms with Gasteiger partial charge in [0.05, 0.1) is 12.2 Å². The molecule has 0 amide bonds. The minimum Gasteiger partial charge on any atom is -0.299 e. The second-order valence-electron chi connectivity index (χ2n) is 3.67. The van der Waals surface area contributed by atoms with Crippen LogP contribution in [0.2, 0.25) is 0 Å². The molecular weight excluding hydrogens is 199 g/mol. The van der Waals surface area contributed by atoms with Crippen LogP contribution in [0.4, 0.5) is 4.39 Å². The molecule has 1 fully saturated rings. The van der Waals surface area contributed by atoms with Gasteiger partial charge in [-0.1, -0.05) is 5.21 Å². The number of alkyl halides is 1. The maximum absolute atomic E-state index is 12.1. The van der Waals surface area contributed by atoms with Crippen molar-refractivity contribution < 1.29 is 9.18 Å². The van der Waals surface area contributed by atoms with E-state index in [4.69, 9.17) is 0 Å². The number of nitrogens with zero attached hydrogens (tertiary/aromatic N) is 4. The first kappa shape index (κ1) is 10.2. The molecular formula is C9H13FN4O. The molecule has 1 aromatic heterocycles. The molecule has 0 saturated carbocycles. The molecule has 82 valence electrons. The number of rotatable bonds is 4. The van der Waals surface area contributed by atoms with E-state index >= 15 is 0 Å². The molecule has 5 nitrogen and oxygen atoms in total. The van der Waals surface area contributed by atoms with Crippen LogP contribution < -0.4 is 0 Å². The molecule has 6 heteroatoms. The van der Waals surface area contributed by atoms with Gasteiger partial charge in [-0.3, -0.25) is 9.69 Å². The zero-order chi connectivity index (χ0) is 10.7. The minimum atomic E-state index is -0.316. The van der Waals surface area contributed by atoms with Gasteiger partial charge < -0.3 is 0 Å². The summed E-state index contributed by atoms with van der Waals surface area (Å²) in [6, 6.07) is 0.220. The maximum Gasteiger partial charge on any atom is 0.171 e. The predicted octanol–water partition coefficient (Wildman–Crippen LogP) is 0.307. The fourth-order valence-electron chi connectivity index (χ4n) is 1.87. The topological polar surface area (TPSA) is 51.0 Å². The van der Waals surface area contributed by atoms with Gasteiger partial charge >= 0.3 is 0 Å². The van der Waals surface area contributed by atoms with Gasteiger partial charge in [0.15, 0.2) is 6.29 Å². The van der Waals surface area contributed by atoms with E-state index in [9.17, 15) is 9.18 Å². The van der Waals surface area contributed by atoms with Crippen molar-refractivity contribution in [2.45, 2.75) is 12.5 Å². The predicted molar refractivity (Wildman–Crippen MR) is 51.5 cm³/mol. The molecule has 0 N–H and O–H groups in total. The lowest BCUT2D eigenvalue weighted by atomic mass is 10.3. The number of hydrogen-bond acceptors (Lipinski definition) is 4. The standard InChI is InChI=1S/C9H13FN4O/c10-2-4-13-3-1-9(6-13)14-5-8(7-15)11-12-14/h5,7,9H,1-4,6H2/t9-/m0/s1. The highest BCUT2D eigenvalue weighted by atomic mass is 19.1. The first-order valence-corrected chi connectivity index (χ1v) is 4.99. The van der Waals surface area contributed by atoms with Crippen molar-refractivity contribution in [3.8, 4) is 0 Å². The summed E-state index contributed by atoms with van der Waals surface area (Å²) in [5.41, 5.74) is 0.346. The summed E-state index contributed by atoms with van der Waals surface area (Å²) in [6.07, 6.45) is 3.25. The number of hydrogen-bond donors (Lipinski definition) is 0. The molecule has 0 aromatic carbocycles. The SMILES string of the molecule is O=Cc1cn([C@H]2CCN(CCF)C2)nn1. The molecule has 0 radical (unpaired) electrons. The van der Waals surface area contributed by atoms with Crippen LogP contribution in [0.3, 0.4) is 0 Å². The van der Waals surface area contributed by atoms with Gasteiger partial charge in [-0.2, -0.15) is 0 Å². The van der Waals surface area contributed by atoms with Gasteiger partial charge in [0.2, 0.25) is 0 Å². The number of aldehydes is 1. The van der Waals surface area contributed by atoms with Crippen molar-refractivity contribution in [2.24, 2.45) is 0 Å². The Morgan fingerprint density at radius 1 is 1.67 bits per heavy atom. The quantitative estimate of drug-likeness (QED) is 0.674. The lowest BCUT2D eigenvalue weighted by Gasteiger charge is -2.13. The first-order valence-electron chi connectivity index (χ1n) is 4.99. The lowest BCUT2D eigenvalue weighted by Crippen LogP contribution is -2.24. The highest BCUT2D eigenvalue weighted by Crippen LogP contribution is 2.19. The average Bonchev–Trinajstić information content (AvgIpc) is 2.85. The molecule has 2 rings (SSSR count). The lowest BCUT2D eigenvalue weighted by molar-refractivity contribution is 0.111. The fraction of sp³-hybridized carbons (Fsp3) is 0.667. The summed E-state index contributed by atoms with van der Waals surface area (Å²) in [6.45, 7) is 1.83. The molecule has 15 heavy (non-hydrogen) atoms. The summed E-state index contributed by atoms with van der Waals surface area (Å²) in [7, 11) is 0. The van der Waals surface area contributed by atoms with Crippen LogP contribution in [-0.4, -0.2) is 52.5 Å². The van der Waals surface area contributed by atoms with Gasteiger partial charge in [-0.25, -0.2) is 9.07 Å². The fourth-order valence-corrected chi connectivity index (χ4v) is 1.87. The number of aromatic nitrogens is 3. The smallest absolute Gasteiger partial charge is 0.171 e. The van der Waals surface area contributed by atoms with Gasteiger partial charge in [0, 0.05) is 19.6 Å². The second kappa shape index (κ2) is 4.48. The van der Waals surface area contributed by atoms with Crippen LogP contribution in [0.1, 0.15) is 23.0 Å². The zero-order valence-corrected chi connectivity index (χ0v) is 8.34. The van der Waals surface area contributed by atoms with E-state index in [0.717, 1.165) is 19.5 Å².